The van der Waals surface area contributed by atoms with Crippen LogP contribution in [0.5, 0.6) is 0 Å². The summed E-state index contributed by atoms with van der Waals surface area (Å²) >= 11 is 0. The minimum atomic E-state index is -1.51. The van der Waals surface area contributed by atoms with Gasteiger partial charge in [-0.05, 0) is 6.42 Å². The molecule has 1 saturated heterocycles. The fourth-order valence-electron chi connectivity index (χ4n) is 1.09. The molecule has 4 heteroatoms. The average Bonchev–Trinajstić information content (AvgIpc) is 2.53. The standard InChI is InChI=1S/C7H11FO3/c1-10-7(9)6(8)5-2-3-11-4-5/h5-6H,2-4H2,1H3. The molecule has 0 aromatic carbocycles. The Labute approximate surface area is 64.5 Å². The van der Waals surface area contributed by atoms with E-state index in [4.69, 9.17) is 4.74 Å². The number of esters is 1. The lowest BCUT2D eigenvalue weighted by Crippen LogP contribution is -2.26. The summed E-state index contributed by atoms with van der Waals surface area (Å²) in [7, 11) is 1.19. The van der Waals surface area contributed by atoms with Gasteiger partial charge >= 0.3 is 5.97 Å². The van der Waals surface area contributed by atoms with Crippen LogP contribution in [0.15, 0.2) is 0 Å². The van der Waals surface area contributed by atoms with Gasteiger partial charge in [0, 0.05) is 12.5 Å². The van der Waals surface area contributed by atoms with Gasteiger partial charge in [0.2, 0.25) is 6.17 Å². The van der Waals surface area contributed by atoms with Crippen molar-refractivity contribution in [3.8, 4) is 0 Å². The Kier molecular flexibility index (Phi) is 2.82. The van der Waals surface area contributed by atoms with E-state index in [-0.39, 0.29) is 5.92 Å². The summed E-state index contributed by atoms with van der Waals surface area (Å²) in [5, 5.41) is 0. The molecule has 0 saturated carbocycles. The summed E-state index contributed by atoms with van der Waals surface area (Å²) in [6.07, 6.45) is -0.904. The highest BCUT2D eigenvalue weighted by Crippen LogP contribution is 2.19. The first kappa shape index (κ1) is 8.46. The molecule has 1 rings (SSSR count). The molecule has 0 N–H and O–H groups in total. The van der Waals surface area contributed by atoms with Gasteiger partial charge in [-0.15, -0.1) is 0 Å². The van der Waals surface area contributed by atoms with Crippen LogP contribution in [-0.2, 0) is 14.3 Å². The monoisotopic (exact) mass is 162 g/mol. The van der Waals surface area contributed by atoms with Crippen LogP contribution < -0.4 is 0 Å². The first-order valence-corrected chi connectivity index (χ1v) is 3.55. The van der Waals surface area contributed by atoms with Gasteiger partial charge in [-0.2, -0.15) is 0 Å². The fourth-order valence-corrected chi connectivity index (χ4v) is 1.09. The van der Waals surface area contributed by atoms with E-state index in [0.29, 0.717) is 19.6 Å². The third-order valence-corrected chi connectivity index (χ3v) is 1.81. The summed E-state index contributed by atoms with van der Waals surface area (Å²) in [5.74, 6) is -1.09. The predicted molar refractivity (Wildman–Crippen MR) is 35.8 cm³/mol. The van der Waals surface area contributed by atoms with Crippen LogP contribution in [0.25, 0.3) is 0 Å². The van der Waals surface area contributed by atoms with E-state index in [1.807, 2.05) is 0 Å². The Bertz CT molecular complexity index is 143. The minimum absolute atomic E-state index is 0.303. The maximum Gasteiger partial charge on any atom is 0.340 e. The maximum atomic E-state index is 12.9. The van der Waals surface area contributed by atoms with Crippen molar-refractivity contribution in [2.24, 2.45) is 5.92 Å². The molecule has 0 amide bonds. The zero-order valence-electron chi connectivity index (χ0n) is 6.38. The smallest absolute Gasteiger partial charge is 0.340 e. The lowest BCUT2D eigenvalue weighted by molar-refractivity contribution is -0.148. The molecule has 3 nitrogen and oxygen atoms in total. The highest BCUT2D eigenvalue weighted by atomic mass is 19.1. The van der Waals surface area contributed by atoms with Crippen molar-refractivity contribution in [3.63, 3.8) is 0 Å². The average molecular weight is 162 g/mol. The quantitative estimate of drug-likeness (QED) is 0.556. The minimum Gasteiger partial charge on any atom is -0.467 e. The molecule has 0 radical (unpaired) electrons. The third-order valence-electron chi connectivity index (χ3n) is 1.81. The van der Waals surface area contributed by atoms with Crippen LogP contribution in [0.2, 0.25) is 0 Å². The summed E-state index contributed by atoms with van der Waals surface area (Å²) in [6, 6.07) is 0. The van der Waals surface area contributed by atoms with Crippen molar-refractivity contribution in [3.05, 3.63) is 0 Å². The first-order chi connectivity index (χ1) is 5.25. The second kappa shape index (κ2) is 3.67. The molecule has 1 heterocycles. The van der Waals surface area contributed by atoms with E-state index in [2.05, 4.69) is 4.74 Å². The highest BCUT2D eigenvalue weighted by Gasteiger charge is 2.31. The predicted octanol–water partition coefficient (Wildman–Crippen LogP) is 0.534. The maximum absolute atomic E-state index is 12.9. The molecule has 1 aliphatic rings. The van der Waals surface area contributed by atoms with Crippen molar-refractivity contribution in [1.82, 2.24) is 0 Å². The molecule has 0 aliphatic carbocycles. The van der Waals surface area contributed by atoms with Gasteiger partial charge < -0.3 is 9.47 Å². The number of alkyl halides is 1. The Hall–Kier alpha value is -0.640. The number of rotatable bonds is 2. The van der Waals surface area contributed by atoms with Gasteiger partial charge in [0.15, 0.2) is 0 Å². The number of hydrogen-bond acceptors (Lipinski definition) is 3. The van der Waals surface area contributed by atoms with Gasteiger partial charge in [-0.1, -0.05) is 0 Å². The van der Waals surface area contributed by atoms with E-state index in [9.17, 15) is 9.18 Å². The number of halogens is 1. The number of carbonyl (C=O) groups is 1. The Morgan fingerprint density at radius 1 is 1.82 bits per heavy atom. The molecule has 0 spiro atoms. The SMILES string of the molecule is COC(=O)C(F)C1CCOC1. The van der Waals surface area contributed by atoms with Crippen LogP contribution in [0, 0.1) is 5.92 Å². The zero-order chi connectivity index (χ0) is 8.27. The summed E-state index contributed by atoms with van der Waals surface area (Å²) in [6.45, 7) is 0.873. The molecular formula is C7H11FO3. The largest absolute Gasteiger partial charge is 0.467 e. The van der Waals surface area contributed by atoms with Gasteiger partial charge in [0.25, 0.3) is 0 Å². The van der Waals surface area contributed by atoms with Gasteiger partial charge in [-0.25, -0.2) is 9.18 Å². The van der Waals surface area contributed by atoms with Crippen LogP contribution in [0.1, 0.15) is 6.42 Å². The second-order valence-electron chi connectivity index (χ2n) is 2.55. The molecule has 1 fully saturated rings. The number of methoxy groups -OCH3 is 1. The van der Waals surface area contributed by atoms with E-state index >= 15 is 0 Å². The van der Waals surface area contributed by atoms with Crippen LogP contribution in [0.4, 0.5) is 4.39 Å². The van der Waals surface area contributed by atoms with Gasteiger partial charge in [0.05, 0.1) is 13.7 Å². The van der Waals surface area contributed by atoms with Gasteiger partial charge in [-0.3, -0.25) is 0 Å². The van der Waals surface area contributed by atoms with Crippen molar-refractivity contribution in [2.75, 3.05) is 20.3 Å². The molecule has 2 atom stereocenters. The van der Waals surface area contributed by atoms with E-state index in [1.54, 1.807) is 0 Å². The van der Waals surface area contributed by atoms with Crippen LogP contribution in [-0.4, -0.2) is 32.5 Å². The Morgan fingerprint density at radius 3 is 3.00 bits per heavy atom. The van der Waals surface area contributed by atoms with Crippen molar-refractivity contribution in [2.45, 2.75) is 12.6 Å². The van der Waals surface area contributed by atoms with E-state index < -0.39 is 12.1 Å². The van der Waals surface area contributed by atoms with Crippen molar-refractivity contribution in [1.29, 1.82) is 0 Å². The molecule has 0 aromatic rings. The lowest BCUT2D eigenvalue weighted by Gasteiger charge is -2.10. The van der Waals surface area contributed by atoms with E-state index in [0.717, 1.165) is 0 Å². The summed E-state index contributed by atoms with van der Waals surface area (Å²) < 4.78 is 22.1. The first-order valence-electron chi connectivity index (χ1n) is 3.55. The molecule has 11 heavy (non-hydrogen) atoms. The normalized spacial score (nSPS) is 26.5. The zero-order valence-corrected chi connectivity index (χ0v) is 6.38. The van der Waals surface area contributed by atoms with Gasteiger partial charge in [0.1, 0.15) is 0 Å². The van der Waals surface area contributed by atoms with E-state index in [1.165, 1.54) is 7.11 Å². The molecule has 0 bridgehead atoms. The molecule has 2 unspecified atom stereocenters. The summed E-state index contributed by atoms with van der Waals surface area (Å²) in [5.41, 5.74) is 0. The third kappa shape index (κ3) is 1.89. The second-order valence-corrected chi connectivity index (χ2v) is 2.55. The van der Waals surface area contributed by atoms with Crippen molar-refractivity contribution < 1.29 is 18.7 Å². The number of carbonyl (C=O) groups excluding carboxylic acids is 1. The number of hydrogen-bond donors (Lipinski definition) is 0. The highest BCUT2D eigenvalue weighted by molar-refractivity contribution is 5.74. The van der Waals surface area contributed by atoms with Crippen LogP contribution >= 0.6 is 0 Å². The topological polar surface area (TPSA) is 35.5 Å². The Balaban J connectivity index is 2.39. The lowest BCUT2D eigenvalue weighted by atomic mass is 10.0. The fraction of sp³-hybridized carbons (Fsp3) is 0.857. The molecule has 64 valence electrons. The van der Waals surface area contributed by atoms with Crippen molar-refractivity contribution >= 4 is 5.97 Å². The molecule has 0 aromatic heterocycles. The molecular weight excluding hydrogens is 151 g/mol. The van der Waals surface area contributed by atoms with Crippen LogP contribution in [0.3, 0.4) is 0 Å². The Morgan fingerprint density at radius 2 is 2.55 bits per heavy atom. The molecule has 1 aliphatic heterocycles. The summed E-state index contributed by atoms with van der Waals surface area (Å²) in [4.78, 5) is 10.6. The number of ether oxygens (including phenoxy) is 2.